The van der Waals surface area contributed by atoms with E-state index in [1.807, 2.05) is 19.1 Å². The van der Waals surface area contributed by atoms with E-state index in [1.54, 1.807) is 0 Å². The smallest absolute Gasteiger partial charge is 0.182 e. The van der Waals surface area contributed by atoms with Crippen LogP contribution in [0.5, 0.6) is 0 Å². The normalized spacial score (nSPS) is 9.31. The number of aryl methyl sites for hydroxylation is 1. The highest BCUT2D eigenvalue weighted by Gasteiger charge is 2.02. The fraction of sp³-hybridized carbons (Fsp3) is 0.125. The Morgan fingerprint density at radius 2 is 2.23 bits per heavy atom. The zero-order valence-corrected chi connectivity index (χ0v) is 8.07. The second kappa shape index (κ2) is 3.95. The van der Waals surface area contributed by atoms with Crippen molar-refractivity contribution in [1.82, 2.24) is 10.9 Å². The van der Waals surface area contributed by atoms with Gasteiger partial charge in [-0.2, -0.15) is 0 Å². The van der Waals surface area contributed by atoms with E-state index in [0.717, 1.165) is 5.76 Å². The first-order chi connectivity index (χ1) is 6.09. The average molecular weight is 197 g/mol. The van der Waals surface area contributed by atoms with Gasteiger partial charge in [-0.05, 0) is 31.3 Å². The topological polar surface area (TPSA) is 63.2 Å². The first-order valence-corrected chi connectivity index (χ1v) is 4.07. The zero-order chi connectivity index (χ0) is 9.84. The van der Waals surface area contributed by atoms with Gasteiger partial charge >= 0.3 is 0 Å². The summed E-state index contributed by atoms with van der Waals surface area (Å²) in [5.74, 6) is 1.48. The number of rotatable bonds is 3. The Balaban J connectivity index is 2.54. The summed E-state index contributed by atoms with van der Waals surface area (Å²) in [7, 11) is 0. The molecule has 0 saturated heterocycles. The molecule has 5 heteroatoms. The van der Waals surface area contributed by atoms with Crippen molar-refractivity contribution >= 4 is 23.0 Å². The third-order valence-electron chi connectivity index (χ3n) is 1.37. The Morgan fingerprint density at radius 3 is 2.69 bits per heavy atom. The van der Waals surface area contributed by atoms with Gasteiger partial charge in [-0.15, -0.1) is 0 Å². The molecule has 0 spiro atoms. The summed E-state index contributed by atoms with van der Waals surface area (Å²) in [5, 5.41) is 0.157. The number of nitrogens with one attached hydrogen (secondary N) is 2. The summed E-state index contributed by atoms with van der Waals surface area (Å²) in [6.45, 7) is 5.59. The molecule has 0 bridgehead atoms. The first kappa shape index (κ1) is 9.60. The third kappa shape index (κ3) is 2.79. The van der Waals surface area contributed by atoms with Crippen molar-refractivity contribution in [3.05, 3.63) is 30.2 Å². The van der Waals surface area contributed by atoms with Gasteiger partial charge in [0.2, 0.25) is 0 Å². The molecule has 0 aliphatic heterocycles. The molecule has 0 unspecified atom stereocenters. The van der Waals surface area contributed by atoms with E-state index < -0.39 is 0 Å². The number of hydrogen-bond donors (Lipinski definition) is 3. The van der Waals surface area contributed by atoms with E-state index in [1.165, 1.54) is 0 Å². The molecule has 0 radical (unpaired) electrons. The van der Waals surface area contributed by atoms with E-state index >= 15 is 0 Å². The predicted octanol–water partition coefficient (Wildman–Crippen LogP) is 0.897. The van der Waals surface area contributed by atoms with Crippen molar-refractivity contribution in [2.45, 2.75) is 6.92 Å². The van der Waals surface area contributed by atoms with Gasteiger partial charge in [0.25, 0.3) is 0 Å². The molecule has 0 aliphatic rings. The van der Waals surface area contributed by atoms with Crippen LogP contribution >= 0.6 is 12.2 Å². The highest BCUT2D eigenvalue weighted by Crippen LogP contribution is 2.12. The van der Waals surface area contributed by atoms with Crippen LogP contribution in [-0.2, 0) is 0 Å². The molecule has 4 nitrogen and oxygen atoms in total. The van der Waals surface area contributed by atoms with Crippen LogP contribution in [0.1, 0.15) is 11.5 Å². The van der Waals surface area contributed by atoms with Crippen LogP contribution in [0.3, 0.4) is 0 Å². The molecule has 4 N–H and O–H groups in total. The first-order valence-electron chi connectivity index (χ1n) is 3.67. The van der Waals surface area contributed by atoms with Gasteiger partial charge in [0.05, 0.1) is 5.70 Å². The van der Waals surface area contributed by atoms with Gasteiger partial charge in [0.1, 0.15) is 5.76 Å². The van der Waals surface area contributed by atoms with Gasteiger partial charge in [0.15, 0.2) is 10.9 Å². The van der Waals surface area contributed by atoms with E-state index in [2.05, 4.69) is 29.6 Å². The minimum absolute atomic E-state index is 0.157. The Kier molecular flexibility index (Phi) is 2.92. The minimum Gasteiger partial charge on any atom is -0.460 e. The van der Waals surface area contributed by atoms with Gasteiger partial charge in [-0.1, -0.05) is 6.58 Å². The van der Waals surface area contributed by atoms with E-state index in [-0.39, 0.29) is 5.11 Å². The number of nitrogens with two attached hydrogens (primary N) is 1. The predicted molar refractivity (Wildman–Crippen MR) is 55.5 cm³/mol. The fourth-order valence-electron chi connectivity index (χ4n) is 0.795. The average Bonchev–Trinajstić information content (AvgIpc) is 2.47. The van der Waals surface area contributed by atoms with Crippen LogP contribution in [-0.4, -0.2) is 5.11 Å². The number of thiocarbonyl (C=S) groups is 1. The second-order valence-corrected chi connectivity index (χ2v) is 2.94. The minimum atomic E-state index is 0.157. The van der Waals surface area contributed by atoms with Crippen molar-refractivity contribution in [2.24, 2.45) is 5.73 Å². The Morgan fingerprint density at radius 1 is 1.54 bits per heavy atom. The summed E-state index contributed by atoms with van der Waals surface area (Å²) in [6.07, 6.45) is 0. The van der Waals surface area contributed by atoms with Crippen molar-refractivity contribution in [3.63, 3.8) is 0 Å². The van der Waals surface area contributed by atoms with Crippen molar-refractivity contribution in [2.75, 3.05) is 0 Å². The lowest BCUT2D eigenvalue weighted by atomic mass is 10.4. The largest absolute Gasteiger partial charge is 0.460 e. The summed E-state index contributed by atoms with van der Waals surface area (Å²) in [6, 6.07) is 3.66. The summed E-state index contributed by atoms with van der Waals surface area (Å²) >= 11 is 4.60. The Bertz CT molecular complexity index is 332. The monoisotopic (exact) mass is 197 g/mol. The van der Waals surface area contributed by atoms with Gasteiger partial charge in [0, 0.05) is 0 Å². The SMILES string of the molecule is C=C(NNC(N)=S)c1ccc(C)o1. The molecule has 1 aromatic heterocycles. The standard InChI is InChI=1S/C8H11N3OS/c1-5-3-4-7(12-5)6(2)10-11-8(9)13/h3-4,10H,2H2,1H3,(H3,9,11,13). The fourth-order valence-corrected chi connectivity index (χ4v) is 0.846. The highest BCUT2D eigenvalue weighted by molar-refractivity contribution is 7.80. The lowest BCUT2D eigenvalue weighted by Gasteiger charge is -2.07. The molecule has 0 fully saturated rings. The van der Waals surface area contributed by atoms with E-state index in [0.29, 0.717) is 11.5 Å². The van der Waals surface area contributed by atoms with Crippen molar-refractivity contribution in [3.8, 4) is 0 Å². The lowest BCUT2D eigenvalue weighted by Crippen LogP contribution is -2.39. The Labute approximate surface area is 81.8 Å². The quantitative estimate of drug-likeness (QED) is 0.496. The molecule has 1 aromatic rings. The zero-order valence-electron chi connectivity index (χ0n) is 7.26. The van der Waals surface area contributed by atoms with E-state index in [9.17, 15) is 0 Å². The van der Waals surface area contributed by atoms with Gasteiger partial charge in [-0.3, -0.25) is 10.9 Å². The van der Waals surface area contributed by atoms with Crippen molar-refractivity contribution < 1.29 is 4.42 Å². The summed E-state index contributed by atoms with van der Waals surface area (Å²) < 4.78 is 5.29. The molecule has 0 aromatic carbocycles. The molecule has 70 valence electrons. The molecule has 0 saturated carbocycles. The van der Waals surface area contributed by atoms with Crippen LogP contribution in [0.4, 0.5) is 0 Å². The van der Waals surface area contributed by atoms with E-state index in [4.69, 9.17) is 10.2 Å². The molecule has 1 heterocycles. The number of hydrazine groups is 1. The summed E-state index contributed by atoms with van der Waals surface area (Å²) in [5.41, 5.74) is 11.1. The molecule has 0 amide bonds. The van der Waals surface area contributed by atoms with Crippen molar-refractivity contribution in [1.29, 1.82) is 0 Å². The maximum atomic E-state index is 5.29. The molecule has 1 rings (SSSR count). The van der Waals surface area contributed by atoms with Gasteiger partial charge in [-0.25, -0.2) is 0 Å². The molecular weight excluding hydrogens is 186 g/mol. The molecular formula is C8H11N3OS. The van der Waals surface area contributed by atoms with Crippen LogP contribution < -0.4 is 16.6 Å². The maximum absolute atomic E-state index is 5.29. The number of furan rings is 1. The Hall–Kier alpha value is -1.49. The molecule has 13 heavy (non-hydrogen) atoms. The van der Waals surface area contributed by atoms with Crippen LogP contribution in [0.2, 0.25) is 0 Å². The van der Waals surface area contributed by atoms with Crippen LogP contribution in [0.25, 0.3) is 5.70 Å². The maximum Gasteiger partial charge on any atom is 0.182 e. The number of hydrogen-bond acceptors (Lipinski definition) is 3. The lowest BCUT2D eigenvalue weighted by molar-refractivity contribution is 0.515. The van der Waals surface area contributed by atoms with Gasteiger partial charge < -0.3 is 10.2 Å². The second-order valence-electron chi connectivity index (χ2n) is 2.50. The van der Waals surface area contributed by atoms with Crippen LogP contribution in [0, 0.1) is 6.92 Å². The third-order valence-corrected chi connectivity index (χ3v) is 1.48. The van der Waals surface area contributed by atoms with Crippen LogP contribution in [0.15, 0.2) is 23.1 Å². The summed E-state index contributed by atoms with van der Waals surface area (Å²) in [4.78, 5) is 0. The molecule has 0 atom stereocenters. The molecule has 0 aliphatic carbocycles. The highest BCUT2D eigenvalue weighted by atomic mass is 32.1.